The minimum atomic E-state index is -0.886. The smallest absolute Gasteiger partial charge is 0.104 e. The molecule has 1 unspecified atom stereocenters. The van der Waals surface area contributed by atoms with Gasteiger partial charge in [-0.3, -0.25) is 0 Å². The zero-order chi connectivity index (χ0) is 9.03. The van der Waals surface area contributed by atoms with E-state index in [1.165, 1.54) is 6.04 Å². The molecule has 0 spiro atoms. The lowest BCUT2D eigenvalue weighted by molar-refractivity contribution is 0.134. The highest BCUT2D eigenvalue weighted by atomic mass is 28.3. The van der Waals surface area contributed by atoms with E-state index in [9.17, 15) is 0 Å². The minimum Gasteiger partial charge on any atom is -0.378 e. The molecule has 0 aliphatic carbocycles. The van der Waals surface area contributed by atoms with Crippen LogP contribution in [0.15, 0.2) is 0 Å². The summed E-state index contributed by atoms with van der Waals surface area (Å²) in [5.74, 6) is 0. The van der Waals surface area contributed by atoms with Gasteiger partial charge < -0.3 is 9.47 Å². The summed E-state index contributed by atoms with van der Waals surface area (Å²) in [6.45, 7) is 9.58. The Balaban J connectivity index is 1.82. The first-order valence-corrected chi connectivity index (χ1v) is 8.30. The molecule has 1 aliphatic heterocycles. The Morgan fingerprint density at radius 3 is 2.67 bits per heavy atom. The van der Waals surface area contributed by atoms with E-state index in [0.717, 1.165) is 19.8 Å². The SMILES string of the molecule is C[Si](C)(C)C[CH]COCC1CO1. The summed E-state index contributed by atoms with van der Waals surface area (Å²) < 4.78 is 10.4. The van der Waals surface area contributed by atoms with Gasteiger partial charge in [0, 0.05) is 14.7 Å². The predicted octanol–water partition coefficient (Wildman–Crippen LogP) is 1.94. The molecule has 1 atom stereocenters. The highest BCUT2D eigenvalue weighted by Gasteiger charge is 2.22. The average Bonchev–Trinajstić information content (AvgIpc) is 2.68. The van der Waals surface area contributed by atoms with Crippen molar-refractivity contribution in [2.45, 2.75) is 31.8 Å². The van der Waals surface area contributed by atoms with Crippen LogP contribution in [0.2, 0.25) is 25.7 Å². The molecule has 71 valence electrons. The highest BCUT2D eigenvalue weighted by Crippen LogP contribution is 2.11. The quantitative estimate of drug-likeness (QED) is 0.360. The van der Waals surface area contributed by atoms with Gasteiger partial charge in [0.05, 0.1) is 13.2 Å². The topological polar surface area (TPSA) is 21.8 Å². The van der Waals surface area contributed by atoms with Crippen LogP contribution < -0.4 is 0 Å². The first kappa shape index (κ1) is 10.2. The maximum absolute atomic E-state index is 5.39. The fraction of sp³-hybridized carbons (Fsp3) is 0.889. The third-order valence-corrected chi connectivity index (χ3v) is 3.21. The minimum absolute atomic E-state index is 0.408. The summed E-state index contributed by atoms with van der Waals surface area (Å²) in [4.78, 5) is 0. The van der Waals surface area contributed by atoms with Crippen molar-refractivity contribution < 1.29 is 9.47 Å². The Hall–Kier alpha value is 0.137. The Labute approximate surface area is 76.3 Å². The van der Waals surface area contributed by atoms with Crippen molar-refractivity contribution in [1.82, 2.24) is 0 Å². The van der Waals surface area contributed by atoms with E-state index in [2.05, 4.69) is 26.1 Å². The standard InChI is InChI=1S/C9H19O2Si/c1-12(2,3)6-4-5-10-7-9-8-11-9/h4,9H,5-8H2,1-3H3. The molecule has 1 radical (unpaired) electrons. The average molecular weight is 187 g/mol. The van der Waals surface area contributed by atoms with Crippen LogP contribution in [0.4, 0.5) is 0 Å². The van der Waals surface area contributed by atoms with E-state index in [1.54, 1.807) is 0 Å². The predicted molar refractivity (Wildman–Crippen MR) is 53.0 cm³/mol. The molecule has 1 aliphatic rings. The summed E-state index contributed by atoms with van der Waals surface area (Å²) in [6, 6.07) is 1.25. The summed E-state index contributed by atoms with van der Waals surface area (Å²) >= 11 is 0. The largest absolute Gasteiger partial charge is 0.378 e. The molecule has 0 saturated carbocycles. The lowest BCUT2D eigenvalue weighted by atomic mass is 10.5. The van der Waals surface area contributed by atoms with Gasteiger partial charge in [-0.15, -0.1) is 0 Å². The van der Waals surface area contributed by atoms with Gasteiger partial charge in [-0.1, -0.05) is 25.7 Å². The lowest BCUT2D eigenvalue weighted by Crippen LogP contribution is -2.20. The van der Waals surface area contributed by atoms with E-state index in [4.69, 9.17) is 9.47 Å². The van der Waals surface area contributed by atoms with E-state index >= 15 is 0 Å². The van der Waals surface area contributed by atoms with Crippen LogP contribution in [0, 0.1) is 6.42 Å². The second-order valence-electron chi connectivity index (χ2n) is 4.55. The molecule has 0 N–H and O–H groups in total. The van der Waals surface area contributed by atoms with E-state index in [1.807, 2.05) is 0 Å². The highest BCUT2D eigenvalue weighted by molar-refractivity contribution is 6.76. The molecule has 12 heavy (non-hydrogen) atoms. The van der Waals surface area contributed by atoms with E-state index in [0.29, 0.717) is 6.10 Å². The number of hydrogen-bond acceptors (Lipinski definition) is 2. The van der Waals surface area contributed by atoms with Crippen LogP contribution in [0.3, 0.4) is 0 Å². The van der Waals surface area contributed by atoms with Crippen molar-refractivity contribution in [3.8, 4) is 0 Å². The molecule has 1 fully saturated rings. The van der Waals surface area contributed by atoms with Gasteiger partial charge in [-0.05, 0) is 6.42 Å². The van der Waals surface area contributed by atoms with Crippen LogP contribution in [0.5, 0.6) is 0 Å². The van der Waals surface area contributed by atoms with Crippen LogP contribution in [0.25, 0.3) is 0 Å². The molecule has 0 aromatic rings. The normalized spacial score (nSPS) is 22.8. The van der Waals surface area contributed by atoms with Gasteiger partial charge in [-0.25, -0.2) is 0 Å². The van der Waals surface area contributed by atoms with E-state index < -0.39 is 8.07 Å². The number of epoxide rings is 1. The molecule has 0 bridgehead atoms. The zero-order valence-electron chi connectivity index (χ0n) is 8.30. The monoisotopic (exact) mass is 187 g/mol. The van der Waals surface area contributed by atoms with Gasteiger partial charge in [0.2, 0.25) is 0 Å². The van der Waals surface area contributed by atoms with Gasteiger partial charge in [0.25, 0.3) is 0 Å². The van der Waals surface area contributed by atoms with Crippen molar-refractivity contribution in [3.05, 3.63) is 6.42 Å². The number of hydrogen-bond donors (Lipinski definition) is 0. The molecule has 0 aromatic heterocycles. The number of rotatable bonds is 6. The van der Waals surface area contributed by atoms with Gasteiger partial charge in [0.15, 0.2) is 0 Å². The summed E-state index contributed by atoms with van der Waals surface area (Å²) in [6.07, 6.45) is 2.67. The van der Waals surface area contributed by atoms with Crippen molar-refractivity contribution in [3.63, 3.8) is 0 Å². The third kappa shape index (κ3) is 5.74. The molecule has 3 heteroatoms. The van der Waals surface area contributed by atoms with Crippen molar-refractivity contribution >= 4 is 8.07 Å². The lowest BCUT2D eigenvalue weighted by Gasteiger charge is -2.14. The second-order valence-corrected chi connectivity index (χ2v) is 10.1. The Bertz CT molecular complexity index is 127. The molecular formula is C9H19O2Si. The first-order valence-electron chi connectivity index (χ1n) is 4.59. The number of ether oxygens (including phenoxy) is 2. The van der Waals surface area contributed by atoms with Gasteiger partial charge in [-0.2, -0.15) is 0 Å². The molecule has 1 saturated heterocycles. The fourth-order valence-corrected chi connectivity index (χ4v) is 1.92. The van der Waals surface area contributed by atoms with Crippen molar-refractivity contribution in [1.29, 1.82) is 0 Å². The Morgan fingerprint density at radius 2 is 2.17 bits per heavy atom. The van der Waals surface area contributed by atoms with Crippen molar-refractivity contribution in [2.75, 3.05) is 19.8 Å². The molecule has 0 amide bonds. The maximum Gasteiger partial charge on any atom is 0.104 e. The van der Waals surface area contributed by atoms with Crippen molar-refractivity contribution in [2.24, 2.45) is 0 Å². The second kappa shape index (κ2) is 4.39. The van der Waals surface area contributed by atoms with Gasteiger partial charge >= 0.3 is 0 Å². The molecule has 1 rings (SSSR count). The summed E-state index contributed by atoms with van der Waals surface area (Å²) in [5.41, 5.74) is 0. The van der Waals surface area contributed by atoms with Crippen LogP contribution in [-0.4, -0.2) is 34.0 Å². The molecule has 2 nitrogen and oxygen atoms in total. The Morgan fingerprint density at radius 1 is 1.50 bits per heavy atom. The molecule has 1 heterocycles. The zero-order valence-corrected chi connectivity index (χ0v) is 9.30. The maximum atomic E-state index is 5.39. The van der Waals surface area contributed by atoms with E-state index in [-0.39, 0.29) is 0 Å². The van der Waals surface area contributed by atoms with Crippen LogP contribution in [-0.2, 0) is 9.47 Å². The Kier molecular flexibility index (Phi) is 3.74. The summed E-state index contributed by atoms with van der Waals surface area (Å²) in [7, 11) is -0.886. The van der Waals surface area contributed by atoms with Crippen LogP contribution >= 0.6 is 0 Å². The summed E-state index contributed by atoms with van der Waals surface area (Å²) in [5, 5.41) is 0. The first-order chi connectivity index (χ1) is 5.58. The molecule has 0 aromatic carbocycles. The molecular weight excluding hydrogens is 168 g/mol. The third-order valence-electron chi connectivity index (χ3n) is 1.70. The fourth-order valence-electron chi connectivity index (χ4n) is 0.939. The van der Waals surface area contributed by atoms with Crippen LogP contribution in [0.1, 0.15) is 0 Å². The van der Waals surface area contributed by atoms with Gasteiger partial charge in [0.1, 0.15) is 6.10 Å².